The fourth-order valence-electron chi connectivity index (χ4n) is 1.67. The van der Waals surface area contributed by atoms with Crippen molar-refractivity contribution in [3.05, 3.63) is 0 Å². The van der Waals surface area contributed by atoms with Crippen LogP contribution in [0.2, 0.25) is 0 Å². The Morgan fingerprint density at radius 3 is 2.33 bits per heavy atom. The highest BCUT2D eigenvalue weighted by molar-refractivity contribution is 8.02. The second kappa shape index (κ2) is 4.51. The smallest absolute Gasteiger partial charge is 0.121 e. The Bertz CT molecular complexity index is 147. The molecule has 0 aromatic heterocycles. The zero-order valence-electron chi connectivity index (χ0n) is 7.69. The van der Waals surface area contributed by atoms with Gasteiger partial charge in [0.1, 0.15) is 7.85 Å². The van der Waals surface area contributed by atoms with Crippen LogP contribution in [0.1, 0.15) is 0 Å². The summed E-state index contributed by atoms with van der Waals surface area (Å²) in [5, 5.41) is 9.60. The zero-order chi connectivity index (χ0) is 9.14. The average Bonchev–Trinajstić information content (AvgIpc) is 2.40. The standard InChI is InChI=1S/C7H15BO3S/c1-10-5-4(3-9)12-7(8)6(5)11-2/h4-7,9H,3,8H2,1-2H3/t4-,5?,6+,7-/m1/s1. The van der Waals surface area contributed by atoms with Crippen molar-refractivity contribution in [2.75, 3.05) is 20.8 Å². The Hall–Kier alpha value is 0.295. The van der Waals surface area contributed by atoms with E-state index in [1.165, 1.54) is 0 Å². The van der Waals surface area contributed by atoms with Crippen molar-refractivity contribution in [1.82, 2.24) is 0 Å². The summed E-state index contributed by atoms with van der Waals surface area (Å²) in [5.41, 5.74) is 0. The monoisotopic (exact) mass is 190 g/mol. The van der Waals surface area contributed by atoms with Gasteiger partial charge in [0.05, 0.1) is 24.1 Å². The van der Waals surface area contributed by atoms with E-state index >= 15 is 0 Å². The molecule has 4 atom stereocenters. The van der Waals surface area contributed by atoms with E-state index in [1.54, 1.807) is 26.0 Å². The SMILES string of the molecule is B[C@@H]1S[C@H](CO)C(OC)[C@@H]1OC. The highest BCUT2D eigenvalue weighted by Crippen LogP contribution is 2.35. The molecule has 12 heavy (non-hydrogen) atoms. The molecule has 1 unspecified atom stereocenters. The molecule has 0 radical (unpaired) electrons. The van der Waals surface area contributed by atoms with E-state index < -0.39 is 0 Å². The van der Waals surface area contributed by atoms with E-state index in [2.05, 4.69) is 7.85 Å². The highest BCUT2D eigenvalue weighted by Gasteiger charge is 2.41. The van der Waals surface area contributed by atoms with Gasteiger partial charge in [-0.15, -0.1) is 0 Å². The Labute approximate surface area is 78.2 Å². The summed E-state index contributed by atoms with van der Waals surface area (Å²) in [4.78, 5) is 0. The minimum absolute atomic E-state index is 0.0278. The third kappa shape index (κ3) is 1.79. The van der Waals surface area contributed by atoms with Crippen molar-refractivity contribution >= 4 is 19.6 Å². The van der Waals surface area contributed by atoms with Crippen molar-refractivity contribution in [1.29, 1.82) is 0 Å². The average molecular weight is 190 g/mol. The lowest BCUT2D eigenvalue weighted by atomic mass is 9.94. The fraction of sp³-hybridized carbons (Fsp3) is 1.00. The van der Waals surface area contributed by atoms with Gasteiger partial charge in [-0.2, -0.15) is 11.8 Å². The van der Waals surface area contributed by atoms with Gasteiger partial charge in [-0.1, -0.05) is 0 Å². The van der Waals surface area contributed by atoms with Crippen LogP contribution >= 0.6 is 11.8 Å². The predicted molar refractivity (Wildman–Crippen MR) is 52.4 cm³/mol. The maximum atomic E-state index is 9.04. The van der Waals surface area contributed by atoms with Gasteiger partial charge in [0.25, 0.3) is 0 Å². The van der Waals surface area contributed by atoms with Crippen LogP contribution in [0.4, 0.5) is 0 Å². The van der Waals surface area contributed by atoms with Crippen molar-refractivity contribution in [3.63, 3.8) is 0 Å². The third-order valence-corrected chi connectivity index (χ3v) is 3.73. The van der Waals surface area contributed by atoms with E-state index in [-0.39, 0.29) is 24.1 Å². The van der Waals surface area contributed by atoms with E-state index in [4.69, 9.17) is 14.6 Å². The molecular weight excluding hydrogens is 175 g/mol. The van der Waals surface area contributed by atoms with Crippen molar-refractivity contribution in [2.45, 2.75) is 22.6 Å². The van der Waals surface area contributed by atoms with Crippen LogP contribution in [-0.2, 0) is 9.47 Å². The molecule has 1 aliphatic rings. The van der Waals surface area contributed by atoms with Crippen LogP contribution in [0.25, 0.3) is 0 Å². The Morgan fingerprint density at radius 2 is 1.92 bits per heavy atom. The molecule has 0 aromatic carbocycles. The van der Waals surface area contributed by atoms with Gasteiger partial charge < -0.3 is 14.6 Å². The minimum atomic E-state index is 0.0278. The minimum Gasteiger partial charge on any atom is -0.395 e. The molecule has 1 aliphatic heterocycles. The quantitative estimate of drug-likeness (QED) is 0.584. The summed E-state index contributed by atoms with van der Waals surface area (Å²) in [7, 11) is 5.45. The molecule has 70 valence electrons. The molecular formula is C7H15BO3S. The summed E-state index contributed by atoms with van der Waals surface area (Å²) in [6.07, 6.45) is 0.136. The second-order valence-corrected chi connectivity index (χ2v) is 4.58. The number of methoxy groups -OCH3 is 2. The summed E-state index contributed by atoms with van der Waals surface area (Å²) >= 11 is 1.73. The first kappa shape index (κ1) is 10.4. The topological polar surface area (TPSA) is 38.7 Å². The van der Waals surface area contributed by atoms with Crippen LogP contribution in [-0.4, -0.2) is 56.4 Å². The maximum Gasteiger partial charge on any atom is 0.121 e. The van der Waals surface area contributed by atoms with Crippen molar-refractivity contribution in [3.8, 4) is 0 Å². The molecule has 0 saturated carbocycles. The number of aliphatic hydroxyl groups excluding tert-OH is 1. The Morgan fingerprint density at radius 1 is 1.33 bits per heavy atom. The largest absolute Gasteiger partial charge is 0.395 e. The van der Waals surface area contributed by atoms with Crippen molar-refractivity contribution < 1.29 is 14.6 Å². The fourth-order valence-corrected chi connectivity index (χ4v) is 3.15. The van der Waals surface area contributed by atoms with Gasteiger partial charge in [-0.3, -0.25) is 0 Å². The first-order valence-corrected chi connectivity index (χ1v) is 5.00. The van der Waals surface area contributed by atoms with Crippen LogP contribution in [0.15, 0.2) is 0 Å². The number of hydrogen-bond acceptors (Lipinski definition) is 4. The second-order valence-electron chi connectivity index (χ2n) is 2.96. The third-order valence-electron chi connectivity index (χ3n) is 2.27. The molecule has 0 spiro atoms. The zero-order valence-corrected chi connectivity index (χ0v) is 8.50. The summed E-state index contributed by atoms with van der Waals surface area (Å²) in [6, 6.07) is 0. The molecule has 5 heteroatoms. The number of thioether (sulfide) groups is 1. The maximum absolute atomic E-state index is 9.04. The Balaban J connectivity index is 2.61. The number of ether oxygens (including phenoxy) is 2. The molecule has 1 rings (SSSR count). The summed E-state index contributed by atoms with van der Waals surface area (Å²) in [6.45, 7) is 0.160. The van der Waals surface area contributed by atoms with Crippen LogP contribution in [0.3, 0.4) is 0 Å². The van der Waals surface area contributed by atoms with Gasteiger partial charge in [0.15, 0.2) is 0 Å². The lowest BCUT2D eigenvalue weighted by Gasteiger charge is -2.21. The molecule has 1 saturated heterocycles. The van der Waals surface area contributed by atoms with E-state index in [0.717, 1.165) is 0 Å². The molecule has 1 heterocycles. The lowest BCUT2D eigenvalue weighted by molar-refractivity contribution is -0.0263. The number of rotatable bonds is 3. The van der Waals surface area contributed by atoms with Gasteiger partial charge >= 0.3 is 0 Å². The predicted octanol–water partition coefficient (Wildman–Crippen LogP) is -0.917. The van der Waals surface area contributed by atoms with Crippen LogP contribution in [0.5, 0.6) is 0 Å². The Kier molecular flexibility index (Phi) is 3.90. The molecule has 0 bridgehead atoms. The van der Waals surface area contributed by atoms with Gasteiger partial charge in [0.2, 0.25) is 0 Å². The van der Waals surface area contributed by atoms with Gasteiger partial charge in [-0.05, 0) is 0 Å². The number of aliphatic hydroxyl groups is 1. The van der Waals surface area contributed by atoms with Crippen LogP contribution in [0, 0.1) is 0 Å². The van der Waals surface area contributed by atoms with Crippen LogP contribution < -0.4 is 0 Å². The lowest BCUT2D eigenvalue weighted by Crippen LogP contribution is -2.37. The first-order valence-electron chi connectivity index (χ1n) is 4.06. The van der Waals surface area contributed by atoms with E-state index in [9.17, 15) is 0 Å². The summed E-state index contributed by atoms with van der Waals surface area (Å²) < 4.78 is 10.6. The number of hydrogen-bond donors (Lipinski definition) is 1. The van der Waals surface area contributed by atoms with E-state index in [1.807, 2.05) is 0 Å². The van der Waals surface area contributed by atoms with Gasteiger partial charge in [0, 0.05) is 19.4 Å². The molecule has 0 amide bonds. The molecule has 0 aromatic rings. The van der Waals surface area contributed by atoms with E-state index in [0.29, 0.717) is 5.15 Å². The molecule has 3 nitrogen and oxygen atoms in total. The molecule has 0 aliphatic carbocycles. The normalized spacial score (nSPS) is 41.9. The molecule has 1 N–H and O–H groups in total. The van der Waals surface area contributed by atoms with Gasteiger partial charge in [-0.25, -0.2) is 0 Å². The first-order chi connectivity index (χ1) is 5.74. The highest BCUT2D eigenvalue weighted by atomic mass is 32.2. The molecule has 1 fully saturated rings. The van der Waals surface area contributed by atoms with Crippen molar-refractivity contribution in [2.24, 2.45) is 0 Å². The summed E-state index contributed by atoms with van der Waals surface area (Å²) in [5.74, 6) is 0.